The maximum Gasteiger partial charge on any atom is 0.413 e. The monoisotopic (exact) mass is 524 g/mol. The van der Waals surface area contributed by atoms with Crippen molar-refractivity contribution in [1.82, 2.24) is 25.1 Å². The number of benzene rings is 2. The van der Waals surface area contributed by atoms with Gasteiger partial charge in [-0.05, 0) is 55.7 Å². The highest BCUT2D eigenvalue weighted by Gasteiger charge is 2.22. The van der Waals surface area contributed by atoms with Crippen LogP contribution in [-0.2, 0) is 11.3 Å². The number of halogens is 2. The lowest BCUT2D eigenvalue weighted by Gasteiger charge is -2.23. The van der Waals surface area contributed by atoms with Crippen molar-refractivity contribution < 1.29 is 18.7 Å². The average Bonchev–Trinajstić information content (AvgIpc) is 3.38. The smallest absolute Gasteiger partial charge is 0.410 e. The molecule has 0 unspecified atom stereocenters. The van der Waals surface area contributed by atoms with Gasteiger partial charge in [-0.3, -0.25) is 4.68 Å². The third-order valence-corrected chi connectivity index (χ3v) is 6.45. The van der Waals surface area contributed by atoms with E-state index in [9.17, 15) is 9.18 Å². The second kappa shape index (κ2) is 11.1. The van der Waals surface area contributed by atoms with Crippen molar-refractivity contribution in [3.05, 3.63) is 77.0 Å². The molecule has 5 rings (SSSR count). The van der Waals surface area contributed by atoms with E-state index < -0.39 is 18.0 Å². The van der Waals surface area contributed by atoms with Crippen LogP contribution in [0.5, 0.6) is 5.75 Å². The Kier molecular flexibility index (Phi) is 7.47. The predicted molar refractivity (Wildman–Crippen MR) is 137 cm³/mol. The van der Waals surface area contributed by atoms with Crippen LogP contribution in [0.25, 0.3) is 10.9 Å². The quantitative estimate of drug-likeness (QED) is 0.346. The zero-order chi connectivity index (χ0) is 25.8. The van der Waals surface area contributed by atoms with Crippen LogP contribution in [0.3, 0.4) is 0 Å². The maximum atomic E-state index is 14.2. The summed E-state index contributed by atoms with van der Waals surface area (Å²) < 4.78 is 26.9. The van der Waals surface area contributed by atoms with Crippen LogP contribution in [0.4, 0.5) is 15.1 Å². The molecule has 1 aliphatic heterocycles. The molecule has 192 valence electrons. The number of rotatable bonds is 7. The highest BCUT2D eigenvalue weighted by atomic mass is 35.5. The Morgan fingerprint density at radius 2 is 2.08 bits per heavy atom. The number of nitrogens with one attached hydrogen (secondary N) is 2. The molecule has 1 aliphatic rings. The summed E-state index contributed by atoms with van der Waals surface area (Å²) in [6.45, 7) is 4.01. The Morgan fingerprint density at radius 3 is 2.84 bits per heavy atom. The van der Waals surface area contributed by atoms with E-state index in [1.54, 1.807) is 47.4 Å². The Hall–Kier alpha value is -3.76. The second-order valence-electron chi connectivity index (χ2n) is 8.68. The number of ether oxygens (including phenoxy) is 2. The zero-order valence-electron chi connectivity index (χ0n) is 20.2. The molecule has 2 aromatic carbocycles. The van der Waals surface area contributed by atoms with E-state index in [0.717, 1.165) is 18.2 Å². The largest absolute Gasteiger partial charge is 0.413 e. The van der Waals surface area contributed by atoms with Gasteiger partial charge >= 0.3 is 6.09 Å². The lowest BCUT2D eigenvalue weighted by atomic mass is 10.0. The molecule has 0 spiro atoms. The topological polar surface area (TPSA) is 103 Å². The van der Waals surface area contributed by atoms with Crippen LogP contribution >= 0.6 is 11.6 Å². The summed E-state index contributed by atoms with van der Waals surface area (Å²) in [5.74, 6) is 0.229. The molecule has 3 heterocycles. The van der Waals surface area contributed by atoms with Gasteiger partial charge in [0.2, 0.25) is 5.95 Å². The van der Waals surface area contributed by atoms with Crippen molar-refractivity contribution in [3.8, 4) is 5.75 Å². The van der Waals surface area contributed by atoms with Crippen molar-refractivity contribution in [3.63, 3.8) is 0 Å². The van der Waals surface area contributed by atoms with Gasteiger partial charge in [0.15, 0.2) is 0 Å². The molecule has 2 N–H and O–H groups in total. The molecule has 1 saturated heterocycles. The van der Waals surface area contributed by atoms with Crippen molar-refractivity contribution in [2.75, 3.05) is 18.5 Å². The van der Waals surface area contributed by atoms with Crippen LogP contribution in [-0.4, -0.2) is 45.1 Å². The van der Waals surface area contributed by atoms with E-state index in [1.165, 1.54) is 12.1 Å². The number of anilines is 1. The number of nitrogens with zero attached hydrogens (tertiary/aromatic N) is 4. The van der Waals surface area contributed by atoms with E-state index >= 15 is 0 Å². The summed E-state index contributed by atoms with van der Waals surface area (Å²) in [6, 6.07) is 10.8. The SMILES string of the molecule is CCn1ccc([C@H](NC(=O)Oc2ccc3cnc(NC4CCOCC4)nc3c2)c2ccc(Cl)c(F)c2)n1. The number of carbonyl (C=O) groups excluding carboxylic acids is 1. The van der Waals surface area contributed by atoms with E-state index in [4.69, 9.17) is 21.1 Å². The van der Waals surface area contributed by atoms with E-state index in [1.807, 2.05) is 6.92 Å². The molecule has 37 heavy (non-hydrogen) atoms. The summed E-state index contributed by atoms with van der Waals surface area (Å²) in [5, 5.41) is 11.4. The molecule has 0 aliphatic carbocycles. The molecule has 0 saturated carbocycles. The van der Waals surface area contributed by atoms with Gasteiger partial charge in [-0.1, -0.05) is 17.7 Å². The number of fused-ring (bicyclic) bond motifs is 1. The van der Waals surface area contributed by atoms with E-state index in [0.29, 0.717) is 48.2 Å². The number of aromatic nitrogens is 4. The van der Waals surface area contributed by atoms with Crippen LogP contribution in [0, 0.1) is 5.82 Å². The summed E-state index contributed by atoms with van der Waals surface area (Å²) >= 11 is 5.86. The van der Waals surface area contributed by atoms with Crippen molar-refractivity contribution >= 4 is 34.5 Å². The number of hydrogen-bond acceptors (Lipinski definition) is 7. The Bertz CT molecular complexity index is 1410. The van der Waals surface area contributed by atoms with Gasteiger partial charge in [0.25, 0.3) is 0 Å². The fourth-order valence-corrected chi connectivity index (χ4v) is 4.26. The predicted octanol–water partition coefficient (Wildman–Crippen LogP) is 5.11. The Balaban J connectivity index is 1.34. The van der Waals surface area contributed by atoms with Gasteiger partial charge < -0.3 is 20.1 Å². The molecule has 0 radical (unpaired) electrons. The molecule has 9 nitrogen and oxygen atoms in total. The number of aryl methyl sites for hydroxylation is 1. The number of hydrogen-bond donors (Lipinski definition) is 2. The lowest BCUT2D eigenvalue weighted by Crippen LogP contribution is -2.32. The maximum absolute atomic E-state index is 14.2. The zero-order valence-corrected chi connectivity index (χ0v) is 20.9. The Morgan fingerprint density at radius 1 is 1.24 bits per heavy atom. The van der Waals surface area contributed by atoms with Crippen LogP contribution in [0.15, 0.2) is 54.9 Å². The molecule has 11 heteroatoms. The van der Waals surface area contributed by atoms with Crippen molar-refractivity contribution in [1.29, 1.82) is 0 Å². The highest BCUT2D eigenvalue weighted by Crippen LogP contribution is 2.26. The standard InChI is InChI=1S/C26H26ClFN6O3/c1-2-34-10-7-22(33-34)24(16-4-6-20(27)21(28)13-16)32-26(35)37-19-5-3-17-15-29-25(31-23(17)14-19)30-18-8-11-36-12-9-18/h3-7,10,13-15,18,24H,2,8-9,11-12H2,1H3,(H,32,35)(H,29,30,31)/t24-/m1/s1. The fourth-order valence-electron chi connectivity index (χ4n) is 4.14. The third kappa shape index (κ3) is 5.98. The Labute approximate surface area is 218 Å². The minimum Gasteiger partial charge on any atom is -0.410 e. The summed E-state index contributed by atoms with van der Waals surface area (Å²) in [4.78, 5) is 21.9. The molecular weight excluding hydrogens is 499 g/mol. The first-order valence-electron chi connectivity index (χ1n) is 12.1. The molecular formula is C26H26ClFN6O3. The van der Waals surface area contributed by atoms with Gasteiger partial charge in [0.1, 0.15) is 17.6 Å². The minimum atomic E-state index is -0.745. The molecule has 1 fully saturated rings. The third-order valence-electron chi connectivity index (χ3n) is 6.14. The van der Waals surface area contributed by atoms with Crippen LogP contribution in [0.2, 0.25) is 5.02 Å². The molecule has 1 amide bonds. The number of carbonyl (C=O) groups is 1. The first-order valence-corrected chi connectivity index (χ1v) is 12.4. The molecule has 2 aromatic heterocycles. The van der Waals surface area contributed by atoms with E-state index in [-0.39, 0.29) is 11.1 Å². The van der Waals surface area contributed by atoms with Gasteiger partial charge in [-0.15, -0.1) is 0 Å². The normalized spacial score (nSPS) is 14.9. The molecule has 0 bridgehead atoms. The van der Waals surface area contributed by atoms with Gasteiger partial charge in [-0.2, -0.15) is 5.10 Å². The number of amides is 1. The summed E-state index contributed by atoms with van der Waals surface area (Å²) in [6.07, 6.45) is 4.57. The van der Waals surface area contributed by atoms with Gasteiger partial charge in [-0.25, -0.2) is 19.2 Å². The molecule has 4 aromatic rings. The molecule has 1 atom stereocenters. The first-order chi connectivity index (χ1) is 18.0. The van der Waals surface area contributed by atoms with Crippen molar-refractivity contribution in [2.45, 2.75) is 38.4 Å². The van der Waals surface area contributed by atoms with Gasteiger partial charge in [0, 0.05) is 49.6 Å². The van der Waals surface area contributed by atoms with Crippen LogP contribution < -0.4 is 15.4 Å². The lowest BCUT2D eigenvalue weighted by molar-refractivity contribution is 0.0903. The first kappa shape index (κ1) is 24.9. The summed E-state index contributed by atoms with van der Waals surface area (Å²) in [5.41, 5.74) is 1.65. The van der Waals surface area contributed by atoms with Crippen LogP contribution in [0.1, 0.15) is 37.1 Å². The van der Waals surface area contributed by atoms with E-state index in [2.05, 4.69) is 25.7 Å². The minimum absolute atomic E-state index is 0.00648. The average molecular weight is 525 g/mol. The highest BCUT2D eigenvalue weighted by molar-refractivity contribution is 6.30. The summed E-state index contributed by atoms with van der Waals surface area (Å²) in [7, 11) is 0. The van der Waals surface area contributed by atoms with Crippen molar-refractivity contribution in [2.24, 2.45) is 0 Å². The van der Waals surface area contributed by atoms with Gasteiger partial charge in [0.05, 0.1) is 16.2 Å². The second-order valence-corrected chi connectivity index (χ2v) is 9.09. The fraction of sp³-hybridized carbons (Fsp3) is 0.308.